The van der Waals surface area contributed by atoms with Gasteiger partial charge in [-0.3, -0.25) is 4.79 Å². The van der Waals surface area contributed by atoms with E-state index in [1.54, 1.807) is 18.7 Å². The molecule has 0 N–H and O–H groups in total. The molecular weight excluding hydrogens is 268 g/mol. The maximum Gasteiger partial charge on any atom is 0.186 e. The number of carbonyl (C=O) groups excluding carboxylic acids is 1. The van der Waals surface area contributed by atoms with Crippen LogP contribution in [0.3, 0.4) is 0 Å². The lowest BCUT2D eigenvalue weighted by atomic mass is 9.87. The van der Waals surface area contributed by atoms with Gasteiger partial charge in [0, 0.05) is 12.2 Å². The summed E-state index contributed by atoms with van der Waals surface area (Å²) in [6.07, 6.45) is 7.76. The molecule has 0 aromatic rings. The lowest BCUT2D eigenvalue weighted by molar-refractivity contribution is -0.109. The predicted molar refractivity (Wildman–Crippen MR) is 84.4 cm³/mol. The molecule has 0 amide bonds. The first kappa shape index (κ1) is 15.8. The fourth-order valence-electron chi connectivity index (χ4n) is 2.29. The van der Waals surface area contributed by atoms with Crippen molar-refractivity contribution in [2.45, 2.75) is 50.7 Å². The van der Waals surface area contributed by atoms with Gasteiger partial charge in [0.15, 0.2) is 5.12 Å². The molecule has 0 bridgehead atoms. The van der Waals surface area contributed by atoms with Crippen LogP contribution >= 0.6 is 36.2 Å². The fourth-order valence-corrected chi connectivity index (χ4v) is 4.69. The predicted octanol–water partition coefficient (Wildman–Crippen LogP) is 4.27. The molecule has 17 heavy (non-hydrogen) atoms. The number of carbonyl (C=O) groups is 1. The monoisotopic (exact) mass is 292 g/mol. The summed E-state index contributed by atoms with van der Waals surface area (Å²) >= 11 is 7.85. The second-order valence-corrected chi connectivity index (χ2v) is 7.88. The number of thioether (sulfide) groups is 2. The molecule has 0 heterocycles. The molecule has 100 valence electrons. The molecule has 0 aromatic heterocycles. The van der Waals surface area contributed by atoms with E-state index in [1.807, 2.05) is 0 Å². The van der Waals surface area contributed by atoms with Crippen LogP contribution in [0.25, 0.3) is 0 Å². The molecule has 1 saturated carbocycles. The molecule has 1 rings (SSSR count). The molecule has 1 aliphatic rings. The van der Waals surface area contributed by atoms with E-state index in [1.165, 1.54) is 50.0 Å². The molecule has 0 aromatic carbocycles. The summed E-state index contributed by atoms with van der Waals surface area (Å²) in [4.78, 5) is 11.0. The van der Waals surface area contributed by atoms with E-state index in [0.29, 0.717) is 5.25 Å². The number of hydrogen-bond acceptors (Lipinski definition) is 4. The van der Waals surface area contributed by atoms with Crippen LogP contribution in [0, 0.1) is 5.92 Å². The van der Waals surface area contributed by atoms with Crippen LogP contribution in [0.1, 0.15) is 45.4 Å². The topological polar surface area (TPSA) is 17.1 Å². The Hall–Kier alpha value is 0.720. The quantitative estimate of drug-likeness (QED) is 0.558. The van der Waals surface area contributed by atoms with Crippen molar-refractivity contribution >= 4 is 41.3 Å². The van der Waals surface area contributed by atoms with Gasteiger partial charge in [0.2, 0.25) is 0 Å². The third-order valence-electron chi connectivity index (χ3n) is 3.24. The Morgan fingerprint density at radius 1 is 1.24 bits per heavy atom. The molecular formula is C13H24OS3. The smallest absolute Gasteiger partial charge is 0.186 e. The Balaban J connectivity index is 2.01. The Labute approximate surface area is 120 Å². The molecule has 0 radical (unpaired) electrons. The van der Waals surface area contributed by atoms with E-state index in [0.717, 1.165) is 11.7 Å². The molecule has 0 saturated heterocycles. The van der Waals surface area contributed by atoms with Crippen molar-refractivity contribution in [2.75, 3.05) is 17.3 Å². The SMILES string of the molecule is CC(=O)SC1CCC(CCSCCCS)CC1. The zero-order valence-electron chi connectivity index (χ0n) is 10.7. The van der Waals surface area contributed by atoms with Gasteiger partial charge in [-0.15, -0.1) is 0 Å². The first-order chi connectivity index (χ1) is 8.22. The van der Waals surface area contributed by atoms with Crippen molar-refractivity contribution in [2.24, 2.45) is 5.92 Å². The largest absolute Gasteiger partial charge is 0.288 e. The van der Waals surface area contributed by atoms with Crippen LogP contribution in [0.15, 0.2) is 0 Å². The average molecular weight is 293 g/mol. The van der Waals surface area contributed by atoms with E-state index >= 15 is 0 Å². The van der Waals surface area contributed by atoms with Crippen molar-refractivity contribution in [1.29, 1.82) is 0 Å². The van der Waals surface area contributed by atoms with E-state index in [-0.39, 0.29) is 5.12 Å². The van der Waals surface area contributed by atoms with Crippen LogP contribution in [-0.2, 0) is 4.79 Å². The summed E-state index contributed by atoms with van der Waals surface area (Å²) in [6.45, 7) is 1.69. The van der Waals surface area contributed by atoms with Gasteiger partial charge < -0.3 is 0 Å². The van der Waals surface area contributed by atoms with Gasteiger partial charge in [0.25, 0.3) is 0 Å². The van der Waals surface area contributed by atoms with Gasteiger partial charge >= 0.3 is 0 Å². The van der Waals surface area contributed by atoms with E-state index in [4.69, 9.17) is 0 Å². The van der Waals surface area contributed by atoms with Crippen molar-refractivity contribution in [1.82, 2.24) is 0 Å². The van der Waals surface area contributed by atoms with Crippen LogP contribution in [0.2, 0.25) is 0 Å². The standard InChI is InChI=1S/C13H24OS3/c1-11(14)17-13-5-3-12(4-6-13)7-10-16-9-2-8-15/h12-13,15H,2-10H2,1H3. The average Bonchev–Trinajstić information content (AvgIpc) is 2.30. The summed E-state index contributed by atoms with van der Waals surface area (Å²) in [7, 11) is 0. The van der Waals surface area contributed by atoms with Crippen molar-refractivity contribution < 1.29 is 4.79 Å². The minimum atomic E-state index is 0.288. The fraction of sp³-hybridized carbons (Fsp3) is 0.923. The lowest BCUT2D eigenvalue weighted by Gasteiger charge is -2.27. The van der Waals surface area contributed by atoms with E-state index in [2.05, 4.69) is 24.4 Å². The minimum Gasteiger partial charge on any atom is -0.288 e. The third kappa shape index (κ3) is 7.68. The highest BCUT2D eigenvalue weighted by Gasteiger charge is 2.22. The Morgan fingerprint density at radius 2 is 1.94 bits per heavy atom. The summed E-state index contributed by atoms with van der Waals surface area (Å²) in [5, 5.41) is 0.899. The molecule has 0 atom stereocenters. The first-order valence-electron chi connectivity index (χ1n) is 6.58. The second kappa shape index (κ2) is 9.62. The van der Waals surface area contributed by atoms with Gasteiger partial charge in [0.05, 0.1) is 0 Å². The Morgan fingerprint density at radius 3 is 2.53 bits per heavy atom. The Bertz CT molecular complexity index is 213. The van der Waals surface area contributed by atoms with Crippen LogP contribution < -0.4 is 0 Å². The molecule has 0 spiro atoms. The maximum atomic E-state index is 11.0. The molecule has 4 heteroatoms. The minimum absolute atomic E-state index is 0.288. The normalized spacial score (nSPS) is 24.8. The summed E-state index contributed by atoms with van der Waals surface area (Å²) in [6, 6.07) is 0. The third-order valence-corrected chi connectivity index (χ3v) is 5.80. The van der Waals surface area contributed by atoms with Gasteiger partial charge in [-0.1, -0.05) is 11.8 Å². The molecule has 0 aliphatic heterocycles. The number of rotatable bonds is 7. The van der Waals surface area contributed by atoms with Gasteiger partial charge in [-0.2, -0.15) is 24.4 Å². The van der Waals surface area contributed by atoms with E-state index < -0.39 is 0 Å². The van der Waals surface area contributed by atoms with Gasteiger partial charge in [0.1, 0.15) is 0 Å². The lowest BCUT2D eigenvalue weighted by Crippen LogP contribution is -2.17. The van der Waals surface area contributed by atoms with Crippen molar-refractivity contribution in [3.8, 4) is 0 Å². The summed E-state index contributed by atoms with van der Waals surface area (Å²) in [5.74, 6) is 4.50. The van der Waals surface area contributed by atoms with Crippen LogP contribution in [0.5, 0.6) is 0 Å². The second-order valence-electron chi connectivity index (χ2n) is 4.73. The zero-order chi connectivity index (χ0) is 12.5. The highest BCUT2D eigenvalue weighted by atomic mass is 32.2. The van der Waals surface area contributed by atoms with Crippen molar-refractivity contribution in [3.05, 3.63) is 0 Å². The number of hydrogen-bond donors (Lipinski definition) is 1. The summed E-state index contributed by atoms with van der Waals surface area (Å²) in [5.41, 5.74) is 0. The van der Waals surface area contributed by atoms with Crippen molar-refractivity contribution in [3.63, 3.8) is 0 Å². The maximum absolute atomic E-state index is 11.0. The van der Waals surface area contributed by atoms with Gasteiger partial charge in [-0.25, -0.2) is 0 Å². The summed E-state index contributed by atoms with van der Waals surface area (Å²) < 4.78 is 0. The Kier molecular flexibility index (Phi) is 8.93. The highest BCUT2D eigenvalue weighted by molar-refractivity contribution is 8.14. The molecule has 0 unspecified atom stereocenters. The van der Waals surface area contributed by atoms with E-state index in [9.17, 15) is 4.79 Å². The highest BCUT2D eigenvalue weighted by Crippen LogP contribution is 2.34. The molecule has 1 nitrogen and oxygen atoms in total. The molecule has 1 fully saturated rings. The van der Waals surface area contributed by atoms with Gasteiger partial charge in [-0.05, 0) is 61.7 Å². The van der Waals surface area contributed by atoms with Crippen LogP contribution in [0.4, 0.5) is 0 Å². The first-order valence-corrected chi connectivity index (χ1v) is 9.25. The van der Waals surface area contributed by atoms with Crippen LogP contribution in [-0.4, -0.2) is 27.6 Å². The number of thiol groups is 1. The zero-order valence-corrected chi connectivity index (χ0v) is 13.2. The molecule has 1 aliphatic carbocycles.